The van der Waals surface area contributed by atoms with E-state index < -0.39 is 11.5 Å². The molecule has 0 aromatic carbocycles. The third kappa shape index (κ3) is 1.32. The monoisotopic (exact) mass is 170 g/mol. The number of aliphatic hydroxyl groups is 1. The molecule has 0 fully saturated rings. The van der Waals surface area contributed by atoms with Gasteiger partial charge in [-0.2, -0.15) is 0 Å². The number of aromatic nitrogens is 1. The van der Waals surface area contributed by atoms with Gasteiger partial charge in [0.05, 0.1) is 23.3 Å². The van der Waals surface area contributed by atoms with Crippen LogP contribution in [0.5, 0.6) is 5.75 Å². The Morgan fingerprint density at radius 2 is 2.25 bits per heavy atom. The molecule has 64 valence electrons. The molecule has 0 bridgehead atoms. The summed E-state index contributed by atoms with van der Waals surface area (Å²) in [6, 6.07) is 0. The van der Waals surface area contributed by atoms with Crippen LogP contribution in [-0.2, 0) is 6.61 Å². The highest BCUT2D eigenvalue weighted by atomic mass is 16.6. The number of pyridine rings is 1. The Morgan fingerprint density at radius 3 is 2.67 bits per heavy atom. The maximum atomic E-state index is 10.3. The second kappa shape index (κ2) is 3.14. The van der Waals surface area contributed by atoms with E-state index in [0.29, 0.717) is 0 Å². The minimum Gasteiger partial charge on any atom is -0.506 e. The summed E-state index contributed by atoms with van der Waals surface area (Å²) in [7, 11) is 0. The van der Waals surface area contributed by atoms with E-state index in [2.05, 4.69) is 4.98 Å². The van der Waals surface area contributed by atoms with Crippen LogP contribution in [0.2, 0.25) is 0 Å². The van der Waals surface area contributed by atoms with Crippen molar-refractivity contribution in [2.24, 2.45) is 0 Å². The molecule has 0 atom stereocenters. The van der Waals surface area contributed by atoms with Crippen LogP contribution < -0.4 is 0 Å². The molecule has 0 radical (unpaired) electrons. The summed E-state index contributed by atoms with van der Waals surface area (Å²) in [5, 5.41) is 27.9. The van der Waals surface area contributed by atoms with Crippen molar-refractivity contribution >= 4 is 5.69 Å². The fourth-order valence-electron chi connectivity index (χ4n) is 0.785. The van der Waals surface area contributed by atoms with Gasteiger partial charge in [-0.1, -0.05) is 0 Å². The van der Waals surface area contributed by atoms with E-state index in [1.807, 2.05) is 0 Å². The lowest BCUT2D eigenvalue weighted by Crippen LogP contribution is -1.96. The molecule has 1 aromatic heterocycles. The van der Waals surface area contributed by atoms with Crippen LogP contribution in [-0.4, -0.2) is 20.1 Å². The van der Waals surface area contributed by atoms with Crippen LogP contribution in [0.1, 0.15) is 5.56 Å². The highest BCUT2D eigenvalue weighted by molar-refractivity contribution is 5.45. The van der Waals surface area contributed by atoms with Crippen molar-refractivity contribution in [3.63, 3.8) is 0 Å². The van der Waals surface area contributed by atoms with Gasteiger partial charge in [0.2, 0.25) is 0 Å². The van der Waals surface area contributed by atoms with Crippen LogP contribution in [0.25, 0.3) is 0 Å². The van der Waals surface area contributed by atoms with Crippen LogP contribution in [0.4, 0.5) is 5.69 Å². The summed E-state index contributed by atoms with van der Waals surface area (Å²) in [6.07, 6.45) is 2.02. The van der Waals surface area contributed by atoms with Crippen molar-refractivity contribution in [2.45, 2.75) is 6.61 Å². The third-order valence-corrected chi connectivity index (χ3v) is 1.37. The average Bonchev–Trinajstić information content (AvgIpc) is 2.03. The van der Waals surface area contributed by atoms with Gasteiger partial charge in [-0.25, -0.2) is 0 Å². The van der Waals surface area contributed by atoms with Crippen LogP contribution in [0.15, 0.2) is 12.4 Å². The van der Waals surface area contributed by atoms with E-state index in [9.17, 15) is 10.1 Å². The number of aliphatic hydroxyl groups excluding tert-OH is 1. The highest BCUT2D eigenvalue weighted by Crippen LogP contribution is 2.24. The number of aromatic hydroxyl groups is 1. The molecule has 1 aromatic rings. The second-order valence-corrected chi connectivity index (χ2v) is 2.07. The topological polar surface area (TPSA) is 96.5 Å². The van der Waals surface area contributed by atoms with Crippen LogP contribution in [0, 0.1) is 10.1 Å². The highest BCUT2D eigenvalue weighted by Gasteiger charge is 2.16. The number of nitro groups is 1. The zero-order valence-corrected chi connectivity index (χ0v) is 5.97. The summed E-state index contributed by atoms with van der Waals surface area (Å²) in [5.41, 5.74) is -0.493. The molecule has 0 unspecified atom stereocenters. The minimum atomic E-state index is -0.710. The third-order valence-electron chi connectivity index (χ3n) is 1.37. The summed E-state index contributed by atoms with van der Waals surface area (Å²) in [6.45, 7) is -0.579. The Bertz CT molecular complexity index is 312. The zero-order valence-electron chi connectivity index (χ0n) is 5.97. The fourth-order valence-corrected chi connectivity index (χ4v) is 0.785. The molecule has 2 N–H and O–H groups in total. The molecule has 6 nitrogen and oxygen atoms in total. The minimum absolute atomic E-state index is 0.116. The van der Waals surface area contributed by atoms with Gasteiger partial charge in [0.1, 0.15) is 11.9 Å². The van der Waals surface area contributed by atoms with Gasteiger partial charge < -0.3 is 10.2 Å². The van der Waals surface area contributed by atoms with Crippen molar-refractivity contribution in [1.82, 2.24) is 4.98 Å². The number of hydrogen-bond donors (Lipinski definition) is 2. The SMILES string of the molecule is O=[N+]([O-])c1cncc(O)c1CO. The number of rotatable bonds is 2. The lowest BCUT2D eigenvalue weighted by molar-refractivity contribution is -0.386. The predicted octanol–water partition coefficient (Wildman–Crippen LogP) is 0.188. The van der Waals surface area contributed by atoms with Crippen molar-refractivity contribution in [1.29, 1.82) is 0 Å². The number of nitrogens with zero attached hydrogens (tertiary/aromatic N) is 2. The van der Waals surface area contributed by atoms with Gasteiger partial charge in [-0.15, -0.1) is 0 Å². The summed E-state index contributed by atoms with van der Waals surface area (Å²) >= 11 is 0. The second-order valence-electron chi connectivity index (χ2n) is 2.07. The quantitative estimate of drug-likeness (QED) is 0.487. The van der Waals surface area contributed by atoms with Gasteiger partial charge in [0, 0.05) is 0 Å². The Hall–Kier alpha value is -1.69. The van der Waals surface area contributed by atoms with E-state index in [1.54, 1.807) is 0 Å². The van der Waals surface area contributed by atoms with E-state index in [-0.39, 0.29) is 17.0 Å². The Labute approximate surface area is 67.3 Å². The van der Waals surface area contributed by atoms with Gasteiger partial charge in [-0.05, 0) is 0 Å². The number of hydrogen-bond acceptors (Lipinski definition) is 5. The van der Waals surface area contributed by atoms with Crippen LogP contribution in [0.3, 0.4) is 0 Å². The fraction of sp³-hybridized carbons (Fsp3) is 0.167. The smallest absolute Gasteiger partial charge is 0.296 e. The van der Waals surface area contributed by atoms with Crippen molar-refractivity contribution in [3.8, 4) is 5.75 Å². The first-order valence-electron chi connectivity index (χ1n) is 3.08. The molecule has 0 spiro atoms. The first-order chi connectivity index (χ1) is 5.66. The first kappa shape index (κ1) is 8.41. The standard InChI is InChI=1S/C6H6N2O4/c9-3-4-5(8(11)12)1-7-2-6(4)10/h1-2,9-10H,3H2. The molecule has 1 rings (SSSR count). The van der Waals surface area contributed by atoms with Crippen molar-refractivity contribution < 1.29 is 15.1 Å². The molecular formula is C6H6N2O4. The Balaban J connectivity index is 3.27. The largest absolute Gasteiger partial charge is 0.506 e. The van der Waals surface area contributed by atoms with Crippen molar-refractivity contribution in [3.05, 3.63) is 28.1 Å². The van der Waals surface area contributed by atoms with Crippen molar-refractivity contribution in [2.75, 3.05) is 0 Å². The molecule has 0 aliphatic rings. The molecule has 0 saturated heterocycles. The molecule has 12 heavy (non-hydrogen) atoms. The van der Waals surface area contributed by atoms with Crippen LogP contribution >= 0.6 is 0 Å². The maximum absolute atomic E-state index is 10.3. The molecule has 6 heteroatoms. The lowest BCUT2D eigenvalue weighted by atomic mass is 10.2. The van der Waals surface area contributed by atoms with E-state index in [1.165, 1.54) is 0 Å². The maximum Gasteiger partial charge on any atom is 0.296 e. The zero-order chi connectivity index (χ0) is 9.14. The van der Waals surface area contributed by atoms with Gasteiger partial charge in [0.25, 0.3) is 5.69 Å². The summed E-state index contributed by atoms with van der Waals surface area (Å²) in [4.78, 5) is 13.0. The molecule has 0 aliphatic carbocycles. The predicted molar refractivity (Wildman–Crippen MR) is 38.5 cm³/mol. The average molecular weight is 170 g/mol. The lowest BCUT2D eigenvalue weighted by Gasteiger charge is -1.99. The molecule has 1 heterocycles. The molecule has 0 aliphatic heterocycles. The van der Waals surface area contributed by atoms with E-state index in [4.69, 9.17) is 10.2 Å². The Kier molecular flexibility index (Phi) is 2.20. The molecule has 0 amide bonds. The van der Waals surface area contributed by atoms with E-state index >= 15 is 0 Å². The van der Waals surface area contributed by atoms with E-state index in [0.717, 1.165) is 12.4 Å². The van der Waals surface area contributed by atoms with Gasteiger partial charge in [0.15, 0.2) is 0 Å². The molecular weight excluding hydrogens is 164 g/mol. The normalized spacial score (nSPS) is 9.75. The summed E-state index contributed by atoms with van der Waals surface area (Å²) in [5.74, 6) is -0.369. The van der Waals surface area contributed by atoms with Gasteiger partial charge in [-0.3, -0.25) is 15.1 Å². The first-order valence-corrected chi connectivity index (χ1v) is 3.08. The molecule has 0 saturated carbocycles. The summed E-state index contributed by atoms with van der Waals surface area (Å²) < 4.78 is 0. The van der Waals surface area contributed by atoms with Gasteiger partial charge >= 0.3 is 0 Å². The Morgan fingerprint density at radius 1 is 1.58 bits per heavy atom.